The van der Waals surface area contributed by atoms with Crippen LogP contribution in [-0.2, 0) is 6.18 Å². The highest BCUT2D eigenvalue weighted by molar-refractivity contribution is 6.31. The van der Waals surface area contributed by atoms with Crippen molar-refractivity contribution in [3.8, 4) is 0 Å². The molecule has 1 aromatic carbocycles. The molecule has 1 N–H and O–H groups in total. The molecule has 0 amide bonds. The first-order chi connectivity index (χ1) is 8.91. The van der Waals surface area contributed by atoms with E-state index in [4.69, 9.17) is 11.6 Å². The van der Waals surface area contributed by atoms with E-state index in [1.807, 2.05) is 4.90 Å². The standard InChI is InChI=1S/C13H16ClF3N2.ClH/c1-9(19-7-5-18-6-8-19)12-10(13(15,16)17)3-2-4-11(12)14;/h2-4,9,18H,5-8H2,1H3;1H/t9-;/m1./s1. The summed E-state index contributed by atoms with van der Waals surface area (Å²) in [4.78, 5) is 2.02. The van der Waals surface area contributed by atoms with Gasteiger partial charge in [0, 0.05) is 37.2 Å². The molecule has 0 aliphatic carbocycles. The Morgan fingerprint density at radius 1 is 1.25 bits per heavy atom. The van der Waals surface area contributed by atoms with Crippen molar-refractivity contribution in [1.82, 2.24) is 10.2 Å². The molecule has 0 radical (unpaired) electrons. The van der Waals surface area contributed by atoms with Gasteiger partial charge < -0.3 is 5.32 Å². The summed E-state index contributed by atoms with van der Waals surface area (Å²) in [5.74, 6) is 0. The lowest BCUT2D eigenvalue weighted by Gasteiger charge is -2.34. The lowest BCUT2D eigenvalue weighted by Crippen LogP contribution is -2.44. The van der Waals surface area contributed by atoms with Gasteiger partial charge in [-0.15, -0.1) is 12.4 Å². The first kappa shape index (κ1) is 17.6. The third-order valence-electron chi connectivity index (χ3n) is 3.48. The average Bonchev–Trinajstić information content (AvgIpc) is 2.37. The van der Waals surface area contributed by atoms with Crippen molar-refractivity contribution in [2.45, 2.75) is 19.1 Å². The fourth-order valence-corrected chi connectivity index (χ4v) is 2.79. The second-order valence-corrected chi connectivity index (χ2v) is 5.07. The molecular formula is C13H17Cl2F3N2. The minimum absolute atomic E-state index is 0. The Balaban J connectivity index is 0.00000200. The summed E-state index contributed by atoms with van der Waals surface area (Å²) >= 11 is 6.01. The summed E-state index contributed by atoms with van der Waals surface area (Å²) in [6.45, 7) is 4.81. The first-order valence-electron chi connectivity index (χ1n) is 6.21. The van der Waals surface area contributed by atoms with Crippen LogP contribution in [0.2, 0.25) is 5.02 Å². The monoisotopic (exact) mass is 328 g/mol. The largest absolute Gasteiger partial charge is 0.416 e. The molecule has 1 heterocycles. The van der Waals surface area contributed by atoms with Crippen molar-refractivity contribution < 1.29 is 13.2 Å². The van der Waals surface area contributed by atoms with Crippen molar-refractivity contribution in [2.75, 3.05) is 26.2 Å². The molecule has 7 heteroatoms. The van der Waals surface area contributed by atoms with Crippen LogP contribution in [0.15, 0.2) is 18.2 Å². The topological polar surface area (TPSA) is 15.3 Å². The van der Waals surface area contributed by atoms with E-state index in [0.29, 0.717) is 0 Å². The highest BCUT2D eigenvalue weighted by atomic mass is 35.5. The van der Waals surface area contributed by atoms with Crippen molar-refractivity contribution in [2.24, 2.45) is 0 Å². The molecule has 1 atom stereocenters. The number of hydrogen-bond acceptors (Lipinski definition) is 2. The van der Waals surface area contributed by atoms with Crippen LogP contribution in [0.5, 0.6) is 0 Å². The zero-order valence-electron chi connectivity index (χ0n) is 11.0. The normalized spacial score (nSPS) is 18.4. The van der Waals surface area contributed by atoms with Crippen molar-refractivity contribution in [1.29, 1.82) is 0 Å². The predicted octanol–water partition coefficient (Wildman–Crippen LogP) is 3.75. The number of halogens is 5. The molecule has 20 heavy (non-hydrogen) atoms. The molecule has 0 saturated carbocycles. The molecule has 2 rings (SSSR count). The van der Waals surface area contributed by atoms with Gasteiger partial charge in [-0.3, -0.25) is 4.90 Å². The number of benzene rings is 1. The second kappa shape index (κ2) is 6.98. The molecule has 1 saturated heterocycles. The molecule has 1 fully saturated rings. The summed E-state index contributed by atoms with van der Waals surface area (Å²) in [5.41, 5.74) is -0.454. The van der Waals surface area contributed by atoms with Gasteiger partial charge in [0.2, 0.25) is 0 Å². The fourth-order valence-electron chi connectivity index (χ4n) is 2.46. The number of nitrogens with one attached hydrogen (secondary N) is 1. The first-order valence-corrected chi connectivity index (χ1v) is 6.59. The molecule has 0 unspecified atom stereocenters. The van der Waals surface area contributed by atoms with E-state index in [9.17, 15) is 13.2 Å². The summed E-state index contributed by atoms with van der Waals surface area (Å²) in [6, 6.07) is 3.62. The molecule has 1 aliphatic rings. The van der Waals surface area contributed by atoms with Gasteiger partial charge in [-0.25, -0.2) is 0 Å². The average molecular weight is 329 g/mol. The van der Waals surface area contributed by atoms with Crippen LogP contribution < -0.4 is 5.32 Å². The molecule has 0 spiro atoms. The summed E-state index contributed by atoms with van der Waals surface area (Å²) < 4.78 is 39.2. The van der Waals surface area contributed by atoms with E-state index in [-0.39, 0.29) is 29.0 Å². The van der Waals surface area contributed by atoms with Crippen LogP contribution in [0.3, 0.4) is 0 Å². The molecular weight excluding hydrogens is 312 g/mol. The van der Waals surface area contributed by atoms with Crippen LogP contribution >= 0.6 is 24.0 Å². The van der Waals surface area contributed by atoms with Crippen molar-refractivity contribution in [3.05, 3.63) is 34.3 Å². The van der Waals surface area contributed by atoms with Crippen LogP contribution in [0.4, 0.5) is 13.2 Å². The number of piperazine rings is 1. The van der Waals surface area contributed by atoms with Gasteiger partial charge in [-0.05, 0) is 24.6 Å². The number of alkyl halides is 3. The van der Waals surface area contributed by atoms with Crippen molar-refractivity contribution >= 4 is 24.0 Å². The second-order valence-electron chi connectivity index (χ2n) is 4.66. The SMILES string of the molecule is C[C@H](c1c(Cl)cccc1C(F)(F)F)N1CCNCC1.Cl. The molecule has 114 valence electrons. The summed E-state index contributed by atoms with van der Waals surface area (Å²) in [6.07, 6.45) is -4.37. The smallest absolute Gasteiger partial charge is 0.314 e. The van der Waals surface area contributed by atoms with Gasteiger partial charge in [0.15, 0.2) is 0 Å². The molecule has 1 aromatic rings. The third kappa shape index (κ3) is 3.79. The maximum atomic E-state index is 13.1. The quantitative estimate of drug-likeness (QED) is 0.889. The van der Waals surface area contributed by atoms with E-state index in [1.165, 1.54) is 12.1 Å². The minimum atomic E-state index is -4.37. The van der Waals surface area contributed by atoms with Gasteiger partial charge in [-0.1, -0.05) is 17.7 Å². The van der Waals surface area contributed by atoms with Gasteiger partial charge in [-0.2, -0.15) is 13.2 Å². The number of nitrogens with zero attached hydrogens (tertiary/aromatic N) is 1. The predicted molar refractivity (Wildman–Crippen MR) is 76.6 cm³/mol. The Morgan fingerprint density at radius 2 is 1.85 bits per heavy atom. The van der Waals surface area contributed by atoms with E-state index in [1.54, 1.807) is 6.92 Å². The Morgan fingerprint density at radius 3 is 2.40 bits per heavy atom. The maximum Gasteiger partial charge on any atom is 0.416 e. The fraction of sp³-hybridized carbons (Fsp3) is 0.538. The maximum absolute atomic E-state index is 13.1. The summed E-state index contributed by atoms with van der Waals surface area (Å²) in [7, 11) is 0. The van der Waals surface area contributed by atoms with Gasteiger partial charge in [0.1, 0.15) is 0 Å². The van der Waals surface area contributed by atoms with Crippen molar-refractivity contribution in [3.63, 3.8) is 0 Å². The zero-order chi connectivity index (χ0) is 14.0. The molecule has 1 aliphatic heterocycles. The van der Waals surface area contributed by atoms with E-state index < -0.39 is 11.7 Å². The highest BCUT2D eigenvalue weighted by Gasteiger charge is 2.36. The Hall–Kier alpha value is -0.490. The van der Waals surface area contributed by atoms with Crippen LogP contribution in [-0.4, -0.2) is 31.1 Å². The molecule has 2 nitrogen and oxygen atoms in total. The molecule has 0 bridgehead atoms. The van der Waals surface area contributed by atoms with E-state index >= 15 is 0 Å². The lowest BCUT2D eigenvalue weighted by atomic mass is 9.99. The number of rotatable bonds is 2. The van der Waals surface area contributed by atoms with E-state index in [0.717, 1.165) is 32.2 Å². The highest BCUT2D eigenvalue weighted by Crippen LogP contribution is 2.39. The Bertz CT molecular complexity index is 446. The van der Waals surface area contributed by atoms with Gasteiger partial charge in [0.05, 0.1) is 5.56 Å². The Labute approximate surface area is 127 Å². The van der Waals surface area contributed by atoms with E-state index in [2.05, 4.69) is 5.32 Å². The van der Waals surface area contributed by atoms with Crippen LogP contribution in [0.1, 0.15) is 24.1 Å². The van der Waals surface area contributed by atoms with Crippen LogP contribution in [0.25, 0.3) is 0 Å². The minimum Gasteiger partial charge on any atom is -0.314 e. The number of hydrogen-bond donors (Lipinski definition) is 1. The van der Waals surface area contributed by atoms with Gasteiger partial charge >= 0.3 is 6.18 Å². The third-order valence-corrected chi connectivity index (χ3v) is 3.80. The van der Waals surface area contributed by atoms with Gasteiger partial charge in [0.25, 0.3) is 0 Å². The zero-order valence-corrected chi connectivity index (χ0v) is 12.6. The lowest BCUT2D eigenvalue weighted by molar-refractivity contribution is -0.138. The molecule has 0 aromatic heterocycles. The Kier molecular flexibility index (Phi) is 6.13. The summed E-state index contributed by atoms with van der Waals surface area (Å²) in [5, 5.41) is 3.36. The van der Waals surface area contributed by atoms with Crippen LogP contribution in [0, 0.1) is 0 Å².